The van der Waals surface area contributed by atoms with E-state index in [2.05, 4.69) is 25.6 Å². The van der Waals surface area contributed by atoms with Crippen molar-refractivity contribution in [1.29, 1.82) is 0 Å². The van der Waals surface area contributed by atoms with E-state index in [1.165, 1.54) is 7.11 Å². The molecule has 0 aliphatic carbocycles. The number of aliphatic hydroxyl groups is 1. The molecule has 0 saturated carbocycles. The third kappa shape index (κ3) is 4.07. The van der Waals surface area contributed by atoms with Crippen LogP contribution in [-0.4, -0.2) is 45.2 Å². The van der Waals surface area contributed by atoms with Crippen molar-refractivity contribution in [1.82, 2.24) is 15.0 Å². The van der Waals surface area contributed by atoms with E-state index < -0.39 is 11.6 Å². The summed E-state index contributed by atoms with van der Waals surface area (Å²) in [6.45, 7) is 3.82. The maximum Gasteiger partial charge on any atom is 0.252 e. The Morgan fingerprint density at radius 3 is 2.80 bits per heavy atom. The summed E-state index contributed by atoms with van der Waals surface area (Å²) in [4.78, 5) is 24.4. The van der Waals surface area contributed by atoms with E-state index in [0.29, 0.717) is 50.2 Å². The number of aromatic nitrogens is 3. The third-order valence-electron chi connectivity index (χ3n) is 6.05. The van der Waals surface area contributed by atoms with E-state index >= 15 is 0 Å². The fourth-order valence-corrected chi connectivity index (χ4v) is 4.47. The van der Waals surface area contributed by atoms with Gasteiger partial charge in [0.05, 0.1) is 34.6 Å². The number of methoxy groups -OCH3 is 1. The van der Waals surface area contributed by atoms with Crippen molar-refractivity contribution < 1.29 is 19.4 Å². The smallest absolute Gasteiger partial charge is 0.252 e. The second-order valence-electron chi connectivity index (χ2n) is 8.67. The van der Waals surface area contributed by atoms with Crippen molar-refractivity contribution in [2.75, 3.05) is 24.4 Å². The second kappa shape index (κ2) is 8.84. The Labute approximate surface area is 206 Å². The molecule has 0 radical (unpaired) electrons. The number of carbonyl (C=O) groups excluding carboxylic acids is 1. The molecule has 1 aliphatic heterocycles. The number of nitrogens with one attached hydrogen (secondary N) is 3. The van der Waals surface area contributed by atoms with E-state index in [-0.39, 0.29) is 12.5 Å². The van der Waals surface area contributed by atoms with Crippen molar-refractivity contribution in [3.63, 3.8) is 0 Å². The van der Waals surface area contributed by atoms with Crippen LogP contribution < -0.4 is 15.4 Å². The highest BCUT2D eigenvalue weighted by molar-refractivity contribution is 6.31. The summed E-state index contributed by atoms with van der Waals surface area (Å²) in [5.41, 5.74) is 2.68. The van der Waals surface area contributed by atoms with Gasteiger partial charge in [0.1, 0.15) is 23.0 Å². The molecule has 1 unspecified atom stereocenters. The van der Waals surface area contributed by atoms with Gasteiger partial charge in [0.15, 0.2) is 0 Å². The molecular weight excluding hydrogens is 470 g/mol. The Morgan fingerprint density at radius 1 is 1.23 bits per heavy atom. The van der Waals surface area contributed by atoms with Crippen LogP contribution in [0.2, 0.25) is 5.02 Å². The zero-order valence-electron chi connectivity index (χ0n) is 19.3. The fourth-order valence-electron chi connectivity index (χ4n) is 4.19. The lowest BCUT2D eigenvalue weighted by Crippen LogP contribution is -2.53. The van der Waals surface area contributed by atoms with Gasteiger partial charge in [-0.2, -0.15) is 0 Å². The topological polar surface area (TPSA) is 121 Å². The van der Waals surface area contributed by atoms with E-state index in [9.17, 15) is 9.90 Å². The first kappa shape index (κ1) is 23.1. The first-order chi connectivity index (χ1) is 16.8. The Hall–Kier alpha value is -3.66. The highest BCUT2D eigenvalue weighted by Crippen LogP contribution is 2.42. The fraction of sp³-hybridized carbons (Fsp3) is 0.240. The number of aryl methyl sites for hydroxylation is 1. The molecule has 0 spiro atoms. The van der Waals surface area contributed by atoms with E-state index in [4.69, 9.17) is 21.1 Å². The highest BCUT2D eigenvalue weighted by Gasteiger charge is 2.39. The van der Waals surface area contributed by atoms with E-state index in [0.717, 1.165) is 5.56 Å². The summed E-state index contributed by atoms with van der Waals surface area (Å²) in [6, 6.07) is 8.83. The van der Waals surface area contributed by atoms with Crippen LogP contribution in [0.5, 0.6) is 11.6 Å². The first-order valence-electron chi connectivity index (χ1n) is 11.0. The summed E-state index contributed by atoms with van der Waals surface area (Å²) in [7, 11) is 1.54. The number of ether oxygens (including phenoxy) is 2. The number of fused-ring (bicyclic) bond motifs is 3. The van der Waals surface area contributed by atoms with Gasteiger partial charge < -0.3 is 30.2 Å². The summed E-state index contributed by atoms with van der Waals surface area (Å²) < 4.78 is 11.1. The maximum absolute atomic E-state index is 12.6. The quantitative estimate of drug-likeness (QED) is 0.310. The average Bonchev–Trinajstić information content (AvgIpc) is 3.26. The number of pyridine rings is 2. The minimum absolute atomic E-state index is 0.160. The molecule has 2 atom stereocenters. The Morgan fingerprint density at radius 2 is 2.06 bits per heavy atom. The van der Waals surface area contributed by atoms with Gasteiger partial charge in [-0.25, -0.2) is 9.97 Å². The zero-order chi connectivity index (χ0) is 24.7. The highest BCUT2D eigenvalue weighted by atomic mass is 35.5. The number of halogens is 1. The lowest BCUT2D eigenvalue weighted by Gasteiger charge is -2.35. The zero-order valence-corrected chi connectivity index (χ0v) is 20.1. The lowest BCUT2D eigenvalue weighted by molar-refractivity contribution is -0.121. The van der Waals surface area contributed by atoms with Gasteiger partial charge >= 0.3 is 0 Å². The molecule has 3 aromatic heterocycles. The molecule has 1 aliphatic rings. The number of amides is 1. The number of anilines is 2. The van der Waals surface area contributed by atoms with Crippen LogP contribution in [0.4, 0.5) is 11.4 Å². The number of aliphatic hydroxyl groups excluding tert-OH is 1. The van der Waals surface area contributed by atoms with E-state index in [1.54, 1.807) is 43.7 Å². The molecule has 1 amide bonds. The molecule has 0 saturated heterocycles. The molecule has 4 N–H and O–H groups in total. The lowest BCUT2D eigenvalue weighted by atomic mass is 9.95. The maximum atomic E-state index is 12.6. The Balaban J connectivity index is 1.51. The number of hydrogen-bond donors (Lipinski definition) is 4. The number of nitrogens with zero attached hydrogens (tertiary/aromatic N) is 2. The average molecular weight is 494 g/mol. The predicted octanol–water partition coefficient (Wildman–Crippen LogP) is 4.56. The molecule has 10 heteroatoms. The summed E-state index contributed by atoms with van der Waals surface area (Å²) in [5, 5.41) is 18.5. The molecule has 35 heavy (non-hydrogen) atoms. The molecule has 5 rings (SSSR count). The molecule has 0 fully saturated rings. The minimum Gasteiger partial charge on any atom is -0.439 e. The normalized spacial score (nSPS) is 18.0. The summed E-state index contributed by atoms with van der Waals surface area (Å²) in [5.74, 6) is 0.760. The molecule has 180 valence electrons. The molecule has 4 aromatic rings. The number of benzene rings is 1. The molecule has 0 bridgehead atoms. The van der Waals surface area contributed by atoms with Crippen LogP contribution in [0.3, 0.4) is 0 Å². The number of hydrogen-bond acceptors (Lipinski definition) is 7. The van der Waals surface area contributed by atoms with Gasteiger partial charge in [-0.1, -0.05) is 23.7 Å². The predicted molar refractivity (Wildman–Crippen MR) is 133 cm³/mol. The minimum atomic E-state index is -1.07. The molecule has 9 nitrogen and oxygen atoms in total. The van der Waals surface area contributed by atoms with Crippen molar-refractivity contribution in [3.05, 3.63) is 70.6 Å². The van der Waals surface area contributed by atoms with Gasteiger partial charge in [0.25, 0.3) is 5.91 Å². The monoisotopic (exact) mass is 493 g/mol. The van der Waals surface area contributed by atoms with Crippen molar-refractivity contribution in [3.8, 4) is 11.6 Å². The van der Waals surface area contributed by atoms with Crippen molar-refractivity contribution >= 4 is 39.9 Å². The summed E-state index contributed by atoms with van der Waals surface area (Å²) >= 11 is 6.57. The van der Waals surface area contributed by atoms with Crippen LogP contribution in [0, 0.1) is 6.92 Å². The van der Waals surface area contributed by atoms with Crippen LogP contribution in [0.25, 0.3) is 11.0 Å². The Kier molecular flexibility index (Phi) is 5.84. The SMILES string of the molecule is COC[C@]1(C)Nc2c(cnc3[nH]cc(C(O)c4ccc(Oc5ncccc5C)cc4Cl)c23)NC1=O. The van der Waals surface area contributed by atoms with Gasteiger partial charge in [-0.05, 0) is 32.0 Å². The summed E-state index contributed by atoms with van der Waals surface area (Å²) in [6.07, 6.45) is 3.84. The molecule has 4 heterocycles. The van der Waals surface area contributed by atoms with Gasteiger partial charge in [0, 0.05) is 36.2 Å². The van der Waals surface area contributed by atoms with Crippen LogP contribution in [0.15, 0.2) is 48.9 Å². The van der Waals surface area contributed by atoms with Crippen molar-refractivity contribution in [2.24, 2.45) is 0 Å². The Bertz CT molecular complexity index is 1440. The standard InChI is InChI=1S/C25H24ClN5O4/c1-13-5-4-8-27-23(13)35-14-6-7-15(17(26)9-14)21(32)16-10-28-22-19(16)20-18(11-29-22)30-24(33)25(2,31-20)12-34-3/h4-11,21,31-32H,12H2,1-3H3,(H,28,29)(H,30,33)/t21?,25-/m0/s1. The number of rotatable bonds is 6. The van der Waals surface area contributed by atoms with Crippen LogP contribution >= 0.6 is 11.6 Å². The van der Waals surface area contributed by atoms with E-state index in [1.807, 2.05) is 19.1 Å². The van der Waals surface area contributed by atoms with Crippen molar-refractivity contribution in [2.45, 2.75) is 25.5 Å². The third-order valence-corrected chi connectivity index (χ3v) is 6.38. The number of aromatic amines is 1. The van der Waals surface area contributed by atoms with Gasteiger partial charge in [-0.15, -0.1) is 0 Å². The van der Waals surface area contributed by atoms with Crippen LogP contribution in [-0.2, 0) is 9.53 Å². The number of H-pyrrole nitrogens is 1. The number of carbonyl (C=O) groups is 1. The van der Waals surface area contributed by atoms with Gasteiger partial charge in [0.2, 0.25) is 5.88 Å². The van der Waals surface area contributed by atoms with Crippen LogP contribution in [0.1, 0.15) is 29.7 Å². The molecule has 1 aromatic carbocycles. The van der Waals surface area contributed by atoms with Gasteiger partial charge in [-0.3, -0.25) is 4.79 Å². The molecular formula is C25H24ClN5O4. The second-order valence-corrected chi connectivity index (χ2v) is 9.08. The largest absolute Gasteiger partial charge is 0.439 e. The first-order valence-corrected chi connectivity index (χ1v) is 11.3.